The number of benzene rings is 2. The Morgan fingerprint density at radius 3 is 2.21 bits per heavy atom. The third-order valence-corrected chi connectivity index (χ3v) is 4.34. The molecule has 0 heterocycles. The van der Waals surface area contributed by atoms with Crippen molar-refractivity contribution >= 4 is 29.3 Å². The molecule has 0 aromatic heterocycles. The summed E-state index contributed by atoms with van der Waals surface area (Å²) in [4.78, 5) is 26.3. The number of nitrogens with zero attached hydrogens (tertiary/aromatic N) is 2. The predicted octanol–water partition coefficient (Wildman–Crippen LogP) is 3.77. The van der Waals surface area contributed by atoms with Crippen LogP contribution in [0.1, 0.15) is 22.3 Å². The standard InChI is InChI=1S/C23H25N3O3/c1-15-10-16(2)22(17(3)11-15)25-21(27)14-29-23(28)19(13-24)12-18-6-8-20(9-7-18)26(4)5/h6-12H,14H2,1-5H3,(H,25,27)/b19-12+. The lowest BCUT2D eigenvalue weighted by molar-refractivity contribution is -0.142. The Balaban J connectivity index is 2.01. The van der Waals surface area contributed by atoms with Crippen LogP contribution in [-0.4, -0.2) is 32.6 Å². The number of nitrogens with one attached hydrogen (secondary N) is 1. The van der Waals surface area contributed by atoms with E-state index in [1.807, 2.05) is 70.1 Å². The molecule has 0 radical (unpaired) electrons. The summed E-state index contributed by atoms with van der Waals surface area (Å²) in [5.41, 5.74) is 5.20. The Hall–Kier alpha value is -3.59. The summed E-state index contributed by atoms with van der Waals surface area (Å²) in [6.07, 6.45) is 1.44. The minimum atomic E-state index is -0.836. The number of rotatable bonds is 6. The molecule has 1 amide bonds. The second-order valence-electron chi connectivity index (χ2n) is 7.05. The largest absolute Gasteiger partial charge is 0.451 e. The lowest BCUT2D eigenvalue weighted by Crippen LogP contribution is -2.22. The number of esters is 1. The van der Waals surface area contributed by atoms with Crippen molar-refractivity contribution in [1.82, 2.24) is 0 Å². The van der Waals surface area contributed by atoms with Crippen molar-refractivity contribution < 1.29 is 14.3 Å². The van der Waals surface area contributed by atoms with E-state index in [0.717, 1.165) is 22.4 Å². The first-order valence-corrected chi connectivity index (χ1v) is 9.15. The van der Waals surface area contributed by atoms with E-state index in [0.29, 0.717) is 11.3 Å². The van der Waals surface area contributed by atoms with Gasteiger partial charge in [-0.1, -0.05) is 29.8 Å². The zero-order valence-electron chi connectivity index (χ0n) is 17.4. The van der Waals surface area contributed by atoms with Gasteiger partial charge in [-0.15, -0.1) is 0 Å². The number of amides is 1. The molecule has 150 valence electrons. The van der Waals surface area contributed by atoms with Crippen LogP contribution in [0.15, 0.2) is 42.0 Å². The van der Waals surface area contributed by atoms with Crippen LogP contribution in [0.25, 0.3) is 6.08 Å². The molecule has 0 fully saturated rings. The molecule has 0 atom stereocenters. The fraction of sp³-hybridized carbons (Fsp3) is 0.261. The molecule has 0 saturated heterocycles. The van der Waals surface area contributed by atoms with Gasteiger partial charge in [0.2, 0.25) is 0 Å². The van der Waals surface area contributed by atoms with Crippen molar-refractivity contribution in [2.24, 2.45) is 0 Å². The van der Waals surface area contributed by atoms with E-state index >= 15 is 0 Å². The minimum absolute atomic E-state index is 0.168. The third-order valence-electron chi connectivity index (χ3n) is 4.34. The molecule has 2 rings (SSSR count). The molecular formula is C23H25N3O3. The lowest BCUT2D eigenvalue weighted by Gasteiger charge is -2.13. The first-order valence-electron chi connectivity index (χ1n) is 9.15. The van der Waals surface area contributed by atoms with Crippen LogP contribution in [0.3, 0.4) is 0 Å². The highest BCUT2D eigenvalue weighted by Gasteiger charge is 2.14. The van der Waals surface area contributed by atoms with Gasteiger partial charge in [0.1, 0.15) is 11.6 Å². The average molecular weight is 391 g/mol. The summed E-state index contributed by atoms with van der Waals surface area (Å²) in [7, 11) is 3.85. The second-order valence-corrected chi connectivity index (χ2v) is 7.05. The fourth-order valence-corrected chi connectivity index (χ4v) is 2.93. The normalized spacial score (nSPS) is 10.8. The molecular weight excluding hydrogens is 366 g/mol. The van der Waals surface area contributed by atoms with E-state index in [2.05, 4.69) is 5.32 Å². The van der Waals surface area contributed by atoms with Gasteiger partial charge in [-0.25, -0.2) is 4.79 Å². The van der Waals surface area contributed by atoms with Crippen LogP contribution in [0, 0.1) is 32.1 Å². The molecule has 29 heavy (non-hydrogen) atoms. The van der Waals surface area contributed by atoms with Gasteiger partial charge in [0.25, 0.3) is 5.91 Å². The van der Waals surface area contributed by atoms with Crippen molar-refractivity contribution in [1.29, 1.82) is 5.26 Å². The van der Waals surface area contributed by atoms with Crippen LogP contribution in [-0.2, 0) is 14.3 Å². The van der Waals surface area contributed by atoms with Crippen LogP contribution in [0.2, 0.25) is 0 Å². The number of hydrogen-bond donors (Lipinski definition) is 1. The molecule has 1 N–H and O–H groups in total. The lowest BCUT2D eigenvalue weighted by atomic mass is 10.1. The molecule has 0 bridgehead atoms. The highest BCUT2D eigenvalue weighted by Crippen LogP contribution is 2.22. The zero-order chi connectivity index (χ0) is 21.6. The predicted molar refractivity (Wildman–Crippen MR) is 115 cm³/mol. The molecule has 0 spiro atoms. The molecule has 2 aromatic carbocycles. The third kappa shape index (κ3) is 5.94. The number of ether oxygens (including phenoxy) is 1. The molecule has 6 nitrogen and oxygen atoms in total. The Bertz CT molecular complexity index is 960. The van der Waals surface area contributed by atoms with Gasteiger partial charge in [-0.05, 0) is 55.7 Å². The number of hydrogen-bond acceptors (Lipinski definition) is 5. The number of nitriles is 1. The Morgan fingerprint density at radius 2 is 1.69 bits per heavy atom. The fourth-order valence-electron chi connectivity index (χ4n) is 2.93. The maximum Gasteiger partial charge on any atom is 0.349 e. The number of carbonyl (C=O) groups is 2. The average Bonchev–Trinajstić information content (AvgIpc) is 2.67. The molecule has 0 aliphatic rings. The molecule has 0 unspecified atom stereocenters. The monoisotopic (exact) mass is 391 g/mol. The summed E-state index contributed by atoms with van der Waals surface area (Å²) >= 11 is 0. The van der Waals surface area contributed by atoms with Gasteiger partial charge in [0, 0.05) is 25.5 Å². The smallest absolute Gasteiger partial charge is 0.349 e. The Morgan fingerprint density at radius 1 is 1.10 bits per heavy atom. The van der Waals surface area contributed by atoms with Crippen LogP contribution < -0.4 is 10.2 Å². The SMILES string of the molecule is Cc1cc(C)c(NC(=O)COC(=O)/C(C#N)=C/c2ccc(N(C)C)cc2)c(C)c1. The van der Waals surface area contributed by atoms with Gasteiger partial charge in [-0.2, -0.15) is 5.26 Å². The van der Waals surface area contributed by atoms with Gasteiger partial charge >= 0.3 is 5.97 Å². The first-order chi connectivity index (χ1) is 13.7. The van der Waals surface area contributed by atoms with Crippen molar-refractivity contribution in [3.63, 3.8) is 0 Å². The molecule has 2 aromatic rings. The number of aryl methyl sites for hydroxylation is 3. The molecule has 0 aliphatic heterocycles. The van der Waals surface area contributed by atoms with Gasteiger partial charge in [0.05, 0.1) is 0 Å². The maximum absolute atomic E-state index is 12.2. The summed E-state index contributed by atoms with van der Waals surface area (Å²) < 4.78 is 5.02. The van der Waals surface area contributed by atoms with E-state index in [4.69, 9.17) is 4.74 Å². The van der Waals surface area contributed by atoms with E-state index in [1.54, 1.807) is 12.1 Å². The van der Waals surface area contributed by atoms with Crippen molar-refractivity contribution in [3.8, 4) is 6.07 Å². The van der Waals surface area contributed by atoms with Crippen molar-refractivity contribution in [2.75, 3.05) is 30.9 Å². The van der Waals surface area contributed by atoms with E-state index in [1.165, 1.54) is 6.08 Å². The van der Waals surface area contributed by atoms with Gasteiger partial charge in [-0.3, -0.25) is 4.79 Å². The quantitative estimate of drug-likeness (QED) is 0.460. The van der Waals surface area contributed by atoms with Crippen LogP contribution in [0.5, 0.6) is 0 Å². The zero-order valence-corrected chi connectivity index (χ0v) is 17.4. The van der Waals surface area contributed by atoms with E-state index < -0.39 is 18.5 Å². The molecule has 0 saturated carbocycles. The maximum atomic E-state index is 12.2. The summed E-state index contributed by atoms with van der Waals surface area (Å²) in [6, 6.07) is 13.1. The van der Waals surface area contributed by atoms with Crippen molar-refractivity contribution in [3.05, 3.63) is 64.2 Å². The second kappa shape index (κ2) is 9.56. The summed E-state index contributed by atoms with van der Waals surface area (Å²) in [6.45, 7) is 5.32. The summed E-state index contributed by atoms with van der Waals surface area (Å²) in [5.74, 6) is -1.29. The highest BCUT2D eigenvalue weighted by atomic mass is 16.5. The highest BCUT2D eigenvalue weighted by molar-refractivity contribution is 6.00. The van der Waals surface area contributed by atoms with Crippen molar-refractivity contribution in [2.45, 2.75) is 20.8 Å². The molecule has 0 aliphatic carbocycles. The number of carbonyl (C=O) groups excluding carboxylic acids is 2. The minimum Gasteiger partial charge on any atom is -0.451 e. The topological polar surface area (TPSA) is 82.4 Å². The van der Waals surface area contributed by atoms with E-state index in [9.17, 15) is 14.9 Å². The summed E-state index contributed by atoms with van der Waals surface area (Å²) in [5, 5.41) is 12.0. The molecule has 6 heteroatoms. The number of anilines is 2. The van der Waals surface area contributed by atoms with Gasteiger partial charge < -0.3 is 15.0 Å². The van der Waals surface area contributed by atoms with E-state index in [-0.39, 0.29) is 5.57 Å². The van der Waals surface area contributed by atoms with Crippen LogP contribution in [0.4, 0.5) is 11.4 Å². The Kier molecular flexibility index (Phi) is 7.15. The van der Waals surface area contributed by atoms with Gasteiger partial charge in [0.15, 0.2) is 6.61 Å². The Labute approximate surface area is 171 Å². The first kappa shape index (κ1) is 21.7. The van der Waals surface area contributed by atoms with Crippen LogP contribution >= 0.6 is 0 Å².